The first kappa shape index (κ1) is 15.2. The lowest BCUT2D eigenvalue weighted by molar-refractivity contribution is -0.110. The van der Waals surface area contributed by atoms with E-state index < -0.39 is 12.7 Å². The predicted octanol–water partition coefficient (Wildman–Crippen LogP) is 1.31. The van der Waals surface area contributed by atoms with Crippen LogP contribution in [0.3, 0.4) is 0 Å². The Hall–Kier alpha value is -2.70. The van der Waals surface area contributed by atoms with Gasteiger partial charge in [0.25, 0.3) is 5.91 Å². The number of aromatic nitrogens is 1. The fourth-order valence-corrected chi connectivity index (χ4v) is 2.30. The van der Waals surface area contributed by atoms with E-state index in [-0.39, 0.29) is 12.5 Å². The van der Waals surface area contributed by atoms with Crippen molar-refractivity contribution in [2.24, 2.45) is 0 Å². The molecule has 3 N–H and O–H groups in total. The van der Waals surface area contributed by atoms with Crippen LogP contribution in [0.2, 0.25) is 0 Å². The van der Waals surface area contributed by atoms with Crippen LogP contribution in [-0.4, -0.2) is 40.4 Å². The fraction of sp³-hybridized carbons (Fsp3) is 0.176. The fourth-order valence-electron chi connectivity index (χ4n) is 2.30. The molecular formula is C17H16N2O4. The number of aliphatic hydroxyl groups is 2. The molecule has 1 aromatic carbocycles. The molecule has 0 aliphatic carbocycles. The summed E-state index contributed by atoms with van der Waals surface area (Å²) >= 11 is 0. The molecule has 0 radical (unpaired) electrons. The van der Waals surface area contributed by atoms with E-state index in [1.807, 2.05) is 30.3 Å². The minimum absolute atomic E-state index is 0.0697. The Morgan fingerprint density at radius 1 is 1.26 bits per heavy atom. The third-order valence-corrected chi connectivity index (χ3v) is 3.41. The van der Waals surface area contributed by atoms with Gasteiger partial charge in [-0.25, -0.2) is 4.98 Å². The molecule has 6 nitrogen and oxygen atoms in total. The van der Waals surface area contributed by atoms with Gasteiger partial charge in [-0.3, -0.25) is 4.79 Å². The Morgan fingerprint density at radius 3 is 2.78 bits per heavy atom. The van der Waals surface area contributed by atoms with Crippen LogP contribution >= 0.6 is 0 Å². The average Bonchev–Trinajstić information content (AvgIpc) is 2.90. The van der Waals surface area contributed by atoms with Gasteiger partial charge in [-0.1, -0.05) is 30.3 Å². The summed E-state index contributed by atoms with van der Waals surface area (Å²) in [6.07, 6.45) is 2.30. The Labute approximate surface area is 133 Å². The van der Waals surface area contributed by atoms with Gasteiger partial charge in [0.2, 0.25) is 0 Å². The predicted molar refractivity (Wildman–Crippen MR) is 85.8 cm³/mol. The van der Waals surface area contributed by atoms with Gasteiger partial charge in [0, 0.05) is 6.20 Å². The van der Waals surface area contributed by atoms with Gasteiger partial charge in [0.15, 0.2) is 0 Å². The van der Waals surface area contributed by atoms with Crippen molar-refractivity contribution >= 4 is 23.4 Å². The zero-order valence-corrected chi connectivity index (χ0v) is 12.3. The number of fused-ring (bicyclic) bond motifs is 1. The third-order valence-electron chi connectivity index (χ3n) is 3.41. The molecule has 3 rings (SSSR count). The van der Waals surface area contributed by atoms with E-state index in [0.717, 1.165) is 5.56 Å². The molecule has 2 heterocycles. The standard InChI is InChI=1S/C17H16N2O4/c20-9-12(21)10-23-14-6-7-18-16-15(14)13(17(22)19-16)8-11-4-2-1-3-5-11/h1-8,12,20-21H,9-10H2,(H,18,19,22). The van der Waals surface area contributed by atoms with E-state index in [2.05, 4.69) is 10.3 Å². The lowest BCUT2D eigenvalue weighted by atomic mass is 10.0. The number of anilines is 1. The van der Waals surface area contributed by atoms with Gasteiger partial charge in [-0.05, 0) is 17.7 Å². The second-order valence-electron chi connectivity index (χ2n) is 5.10. The first-order valence-electron chi connectivity index (χ1n) is 7.18. The SMILES string of the molecule is O=C1Nc2nccc(OCC(O)CO)c2C1=Cc1ccccc1. The molecule has 23 heavy (non-hydrogen) atoms. The minimum Gasteiger partial charge on any atom is -0.490 e. The van der Waals surface area contributed by atoms with Crippen LogP contribution in [-0.2, 0) is 4.79 Å². The van der Waals surface area contributed by atoms with Crippen molar-refractivity contribution in [3.8, 4) is 5.75 Å². The summed E-state index contributed by atoms with van der Waals surface area (Å²) in [7, 11) is 0. The Balaban J connectivity index is 1.97. The Morgan fingerprint density at radius 2 is 2.04 bits per heavy atom. The van der Waals surface area contributed by atoms with E-state index in [9.17, 15) is 9.90 Å². The van der Waals surface area contributed by atoms with Gasteiger partial charge in [-0.15, -0.1) is 0 Å². The molecule has 0 saturated heterocycles. The Kier molecular flexibility index (Phi) is 4.36. The Bertz CT molecular complexity index is 744. The summed E-state index contributed by atoms with van der Waals surface area (Å²) in [5.74, 6) is 0.603. The van der Waals surface area contributed by atoms with E-state index in [1.54, 1.807) is 12.1 Å². The van der Waals surface area contributed by atoms with Crippen LogP contribution in [0.1, 0.15) is 11.1 Å². The maximum Gasteiger partial charge on any atom is 0.257 e. The molecule has 0 saturated carbocycles. The molecule has 0 fully saturated rings. The molecule has 118 valence electrons. The van der Waals surface area contributed by atoms with Gasteiger partial charge < -0.3 is 20.3 Å². The number of nitrogens with one attached hydrogen (secondary N) is 1. The number of nitrogens with zero attached hydrogens (tertiary/aromatic N) is 1. The van der Waals surface area contributed by atoms with E-state index in [1.165, 1.54) is 6.20 Å². The molecule has 1 aromatic heterocycles. The van der Waals surface area contributed by atoms with Crippen molar-refractivity contribution < 1.29 is 19.7 Å². The minimum atomic E-state index is -0.981. The number of carbonyl (C=O) groups is 1. The van der Waals surface area contributed by atoms with Gasteiger partial charge >= 0.3 is 0 Å². The highest BCUT2D eigenvalue weighted by Gasteiger charge is 2.29. The molecule has 0 bridgehead atoms. The van der Waals surface area contributed by atoms with Gasteiger partial charge in [-0.2, -0.15) is 0 Å². The number of aliphatic hydroxyl groups excluding tert-OH is 2. The highest BCUT2D eigenvalue weighted by molar-refractivity contribution is 6.35. The maximum absolute atomic E-state index is 12.2. The number of benzene rings is 1. The van der Waals surface area contributed by atoms with Gasteiger partial charge in [0.05, 0.1) is 17.7 Å². The number of hydrogen-bond donors (Lipinski definition) is 3. The van der Waals surface area contributed by atoms with Crippen molar-refractivity contribution in [2.75, 3.05) is 18.5 Å². The van der Waals surface area contributed by atoms with Crippen LogP contribution in [0.5, 0.6) is 5.75 Å². The van der Waals surface area contributed by atoms with Crippen molar-refractivity contribution in [1.82, 2.24) is 4.98 Å². The number of amides is 1. The van der Waals surface area contributed by atoms with Crippen molar-refractivity contribution in [2.45, 2.75) is 6.10 Å². The second-order valence-corrected chi connectivity index (χ2v) is 5.10. The van der Waals surface area contributed by atoms with Gasteiger partial charge in [0.1, 0.15) is 24.3 Å². The number of carbonyl (C=O) groups excluding carboxylic acids is 1. The number of ether oxygens (including phenoxy) is 1. The molecule has 0 spiro atoms. The third kappa shape index (κ3) is 3.23. The highest BCUT2D eigenvalue weighted by Crippen LogP contribution is 2.38. The van der Waals surface area contributed by atoms with Crippen molar-refractivity contribution in [3.63, 3.8) is 0 Å². The quantitative estimate of drug-likeness (QED) is 0.724. The van der Waals surface area contributed by atoms with E-state index in [4.69, 9.17) is 9.84 Å². The summed E-state index contributed by atoms with van der Waals surface area (Å²) in [5.41, 5.74) is 1.90. The van der Waals surface area contributed by atoms with Crippen LogP contribution in [0.15, 0.2) is 42.6 Å². The maximum atomic E-state index is 12.2. The molecule has 6 heteroatoms. The number of pyridine rings is 1. The molecule has 2 aromatic rings. The van der Waals surface area contributed by atoms with Crippen LogP contribution in [0, 0.1) is 0 Å². The van der Waals surface area contributed by atoms with E-state index in [0.29, 0.717) is 22.7 Å². The lowest BCUT2D eigenvalue weighted by Gasteiger charge is -2.12. The summed E-state index contributed by atoms with van der Waals surface area (Å²) in [4.78, 5) is 16.4. The molecular weight excluding hydrogens is 296 g/mol. The normalized spacial score (nSPS) is 16.1. The average molecular weight is 312 g/mol. The molecule has 1 amide bonds. The molecule has 1 atom stereocenters. The van der Waals surface area contributed by atoms with Crippen LogP contribution in [0.4, 0.5) is 5.82 Å². The summed E-state index contributed by atoms with van der Waals surface area (Å²) in [5, 5.41) is 21.0. The second kappa shape index (κ2) is 6.60. The molecule has 1 unspecified atom stereocenters. The zero-order chi connectivity index (χ0) is 16.2. The molecule has 1 aliphatic rings. The first-order valence-corrected chi connectivity index (χ1v) is 7.18. The summed E-state index contributed by atoms with van der Waals surface area (Å²) < 4.78 is 5.53. The first-order chi connectivity index (χ1) is 11.2. The largest absolute Gasteiger partial charge is 0.490 e. The van der Waals surface area contributed by atoms with Crippen molar-refractivity contribution in [3.05, 3.63) is 53.7 Å². The monoisotopic (exact) mass is 312 g/mol. The number of rotatable bonds is 5. The number of hydrogen-bond acceptors (Lipinski definition) is 5. The summed E-state index contributed by atoms with van der Waals surface area (Å²) in [6.45, 7) is -0.461. The van der Waals surface area contributed by atoms with Crippen LogP contribution < -0.4 is 10.1 Å². The zero-order valence-electron chi connectivity index (χ0n) is 12.3. The van der Waals surface area contributed by atoms with E-state index >= 15 is 0 Å². The summed E-state index contributed by atoms with van der Waals surface area (Å²) in [6, 6.07) is 11.1. The topological polar surface area (TPSA) is 91.7 Å². The smallest absolute Gasteiger partial charge is 0.257 e. The van der Waals surface area contributed by atoms with Crippen molar-refractivity contribution in [1.29, 1.82) is 0 Å². The highest BCUT2D eigenvalue weighted by atomic mass is 16.5. The molecule has 1 aliphatic heterocycles. The van der Waals surface area contributed by atoms with Crippen LogP contribution in [0.25, 0.3) is 11.6 Å². The lowest BCUT2D eigenvalue weighted by Crippen LogP contribution is -2.21.